The van der Waals surface area contributed by atoms with Crippen LogP contribution in [0.2, 0.25) is 0 Å². The Morgan fingerprint density at radius 1 is 1.09 bits per heavy atom. The second-order valence-electron chi connectivity index (χ2n) is 19.3. The quantitative estimate of drug-likeness (QED) is 0.229. The number of cyclic esters (lactones) is 1. The molecule has 18 nitrogen and oxygen atoms in total. The number of carbonyl (C=O) groups excluding carboxylic acids is 4. The van der Waals surface area contributed by atoms with Crippen molar-refractivity contribution in [2.75, 3.05) is 39.7 Å². The first-order valence-electron chi connectivity index (χ1n) is 23.1. The lowest BCUT2D eigenvalue weighted by atomic mass is 9.73. The average molecular weight is 964 g/mol. The summed E-state index contributed by atoms with van der Waals surface area (Å²) in [5, 5.41) is 32.7. The fourth-order valence-electron chi connectivity index (χ4n) is 9.90. The largest absolute Gasteiger partial charge is 0.459 e. The predicted octanol–water partition coefficient (Wildman–Crippen LogP) is 3.48. The van der Waals surface area contributed by atoms with Gasteiger partial charge in [0.1, 0.15) is 43.6 Å². The summed E-state index contributed by atoms with van der Waals surface area (Å²) in [6.45, 7) is 13.1. The molecule has 0 aliphatic carbocycles. The molecule has 1 amide bonds. The van der Waals surface area contributed by atoms with E-state index < -0.39 is 137 Å². The third kappa shape index (κ3) is 12.9. The van der Waals surface area contributed by atoms with Gasteiger partial charge in [-0.1, -0.05) is 45.0 Å². The maximum absolute atomic E-state index is 14.5. The lowest BCUT2D eigenvalue weighted by Gasteiger charge is -2.47. The van der Waals surface area contributed by atoms with Crippen molar-refractivity contribution in [3.63, 3.8) is 0 Å². The molecule has 374 valence electrons. The van der Waals surface area contributed by atoms with E-state index in [9.17, 15) is 42.2 Å². The van der Waals surface area contributed by atoms with Gasteiger partial charge in [0.2, 0.25) is 5.91 Å². The van der Waals surface area contributed by atoms with Crippen LogP contribution in [0.5, 0.6) is 0 Å². The van der Waals surface area contributed by atoms with E-state index in [1.165, 1.54) is 37.6 Å². The number of aliphatic hydroxyl groups is 2. The number of sulfone groups is 1. The molecular weight excluding hydrogens is 894 g/mol. The van der Waals surface area contributed by atoms with Gasteiger partial charge < -0.3 is 38.8 Å². The molecule has 3 saturated heterocycles. The Hall–Kier alpha value is -3.89. The molecule has 0 unspecified atom stereocenters. The number of ketones is 2. The van der Waals surface area contributed by atoms with E-state index in [-0.39, 0.29) is 24.2 Å². The van der Waals surface area contributed by atoms with Gasteiger partial charge in [-0.2, -0.15) is 0 Å². The average Bonchev–Trinajstić information content (AvgIpc) is 3.74. The van der Waals surface area contributed by atoms with Crippen LogP contribution in [0.25, 0.3) is 0 Å². The van der Waals surface area contributed by atoms with Crippen molar-refractivity contribution < 1.29 is 65.9 Å². The Morgan fingerprint density at radius 3 is 2.37 bits per heavy atom. The third-order valence-electron chi connectivity index (χ3n) is 13.7. The number of benzene rings is 1. The van der Waals surface area contributed by atoms with Crippen molar-refractivity contribution in [2.45, 2.75) is 159 Å². The minimum atomic E-state index is -3.38. The molecule has 1 aromatic heterocycles. The van der Waals surface area contributed by atoms with Crippen LogP contribution >= 0.6 is 0 Å². The van der Waals surface area contributed by atoms with Gasteiger partial charge in [-0.3, -0.25) is 19.2 Å². The second kappa shape index (κ2) is 22.2. The van der Waals surface area contributed by atoms with Gasteiger partial charge in [-0.15, -0.1) is 5.10 Å². The van der Waals surface area contributed by atoms with Gasteiger partial charge in [-0.05, 0) is 84.0 Å². The zero-order valence-corrected chi connectivity index (χ0v) is 41.4. The van der Waals surface area contributed by atoms with E-state index >= 15 is 0 Å². The second-order valence-corrected chi connectivity index (χ2v) is 21.3. The van der Waals surface area contributed by atoms with E-state index in [1.54, 1.807) is 46.0 Å². The lowest BCUT2D eigenvalue weighted by molar-refractivity contribution is -0.297. The van der Waals surface area contributed by atoms with Crippen LogP contribution in [0.4, 0.5) is 4.39 Å². The van der Waals surface area contributed by atoms with Gasteiger partial charge in [0.15, 0.2) is 27.7 Å². The third-order valence-corrected chi connectivity index (χ3v) is 14.8. The normalized spacial score (nSPS) is 35.1. The summed E-state index contributed by atoms with van der Waals surface area (Å²) in [6, 6.07) is 5.06. The molecule has 14 atom stereocenters. The molecule has 2 aromatic rings. The summed E-state index contributed by atoms with van der Waals surface area (Å²) in [6.07, 6.45) is -2.77. The number of halogens is 1. The number of aliphatic hydroxyl groups excluding tert-OH is 1. The van der Waals surface area contributed by atoms with Crippen LogP contribution in [0.3, 0.4) is 0 Å². The van der Waals surface area contributed by atoms with Crippen molar-refractivity contribution in [3.8, 4) is 0 Å². The van der Waals surface area contributed by atoms with Gasteiger partial charge in [-0.25, -0.2) is 22.5 Å². The van der Waals surface area contributed by atoms with E-state index in [2.05, 4.69) is 15.3 Å². The molecule has 0 saturated carbocycles. The summed E-state index contributed by atoms with van der Waals surface area (Å²) in [5.74, 6) is -6.34. The topological polar surface area (TPSA) is 235 Å². The van der Waals surface area contributed by atoms with Gasteiger partial charge >= 0.3 is 5.97 Å². The monoisotopic (exact) mass is 963 g/mol. The standard InChI is InChI=1S/C47H70FN5O13S/c1-12-38-47(9,59)43-28(4)39(49-31(7)54)26(2)21-46(8,63-25-35(55)24-62-43)42(29(5)40(56)30(6)44(58)65-38)66-45-41(57)37(19-27(3)64-45)52(10)18-17-33-23-53(51-50-33)34(22-48)20-32-13-15-36(16-14-32)67(11,60)61/h13-16,23,26-30,34,37-38,41-43,45,57,59H,12,17-22,24-25H2,1-11H3/t26-,27-,28+,29+,30-,34+,37+,38-,41-,42-,43-,45+,46-,47-/m1/s1. The SMILES string of the molecule is CC[C@H]1OC(=O)[C@H](C)C(=O)[C@H](C)[C@@H](O[C@@H]2O[C@H](C)C[C@H](N(C)CCc3cn([C@H](CF)Cc4ccc(S(C)(=O)=O)cc4)nn3)[C@H]2O)[C@@]2(C)C[C@@H](C)C(=NC(C)=O)[C@H](C)[C@@H](OCC(=O)CO2)[C@]1(C)O. The number of ether oxygens (including phenoxy) is 5. The molecule has 3 aliphatic heterocycles. The molecule has 20 heteroatoms. The number of aromatic nitrogens is 3. The molecule has 3 fully saturated rings. The molecule has 0 radical (unpaired) electrons. The van der Waals surface area contributed by atoms with E-state index in [0.717, 1.165) is 11.8 Å². The van der Waals surface area contributed by atoms with Crippen LogP contribution in [-0.2, 0) is 65.5 Å². The Labute approximate surface area is 393 Å². The van der Waals surface area contributed by atoms with Crippen LogP contribution in [0, 0.1) is 23.7 Å². The number of nitrogens with zero attached hydrogens (tertiary/aromatic N) is 5. The summed E-state index contributed by atoms with van der Waals surface area (Å²) in [7, 11) is -1.55. The predicted molar refractivity (Wildman–Crippen MR) is 243 cm³/mol. The highest BCUT2D eigenvalue weighted by Gasteiger charge is 2.53. The first-order valence-corrected chi connectivity index (χ1v) is 25.0. The highest BCUT2D eigenvalue weighted by molar-refractivity contribution is 7.90. The Bertz CT molecular complexity index is 2200. The first kappa shape index (κ1) is 54.1. The van der Waals surface area contributed by atoms with E-state index in [1.807, 2.05) is 25.8 Å². The minimum absolute atomic E-state index is 0.0328. The smallest absolute Gasteiger partial charge is 0.316 e. The van der Waals surface area contributed by atoms with Crippen LogP contribution in [0.15, 0.2) is 40.4 Å². The number of rotatable bonds is 12. The maximum atomic E-state index is 14.5. The summed E-state index contributed by atoms with van der Waals surface area (Å²) in [4.78, 5) is 61.2. The number of hydrogen-bond acceptors (Lipinski definition) is 16. The summed E-state index contributed by atoms with van der Waals surface area (Å²) < 4.78 is 71.2. The van der Waals surface area contributed by atoms with Crippen molar-refractivity contribution in [3.05, 3.63) is 41.7 Å². The number of alkyl halides is 1. The number of fused-ring (bicyclic) bond motifs is 5. The first-order chi connectivity index (χ1) is 31.3. The molecule has 2 bridgehead atoms. The molecule has 67 heavy (non-hydrogen) atoms. The molecule has 2 N–H and O–H groups in total. The molecule has 5 rings (SSSR count). The van der Waals surface area contributed by atoms with Crippen molar-refractivity contribution in [1.29, 1.82) is 0 Å². The van der Waals surface area contributed by atoms with Crippen LogP contribution in [-0.4, -0.2) is 161 Å². The highest BCUT2D eigenvalue weighted by Crippen LogP contribution is 2.40. The lowest BCUT2D eigenvalue weighted by Crippen LogP contribution is -2.60. The van der Waals surface area contributed by atoms with Gasteiger partial charge in [0.25, 0.3) is 0 Å². The van der Waals surface area contributed by atoms with E-state index in [0.29, 0.717) is 30.8 Å². The highest BCUT2D eigenvalue weighted by atomic mass is 32.2. The molecule has 0 spiro atoms. The van der Waals surface area contributed by atoms with Crippen LogP contribution < -0.4 is 0 Å². The number of Topliss-reactive ketones (excluding diaryl/α,β-unsaturated/α-hetero) is 2. The fourth-order valence-corrected chi connectivity index (χ4v) is 10.5. The van der Waals surface area contributed by atoms with Crippen molar-refractivity contribution in [1.82, 2.24) is 19.9 Å². The van der Waals surface area contributed by atoms with Gasteiger partial charge in [0.05, 0.1) is 40.5 Å². The zero-order chi connectivity index (χ0) is 49.8. The maximum Gasteiger partial charge on any atom is 0.316 e. The summed E-state index contributed by atoms with van der Waals surface area (Å²) >= 11 is 0. The number of esters is 1. The number of aliphatic imine (C=N–C) groups is 1. The fraction of sp³-hybridized carbons (Fsp3) is 0.723. The van der Waals surface area contributed by atoms with Crippen molar-refractivity contribution >= 4 is 39.0 Å². The number of amides is 1. The molecule has 1 aromatic carbocycles. The van der Waals surface area contributed by atoms with Gasteiger partial charge in [0, 0.05) is 55.9 Å². The molecule has 4 heterocycles. The number of carbonyl (C=O) groups is 4. The summed E-state index contributed by atoms with van der Waals surface area (Å²) in [5.41, 5.74) is -1.80. The Morgan fingerprint density at radius 2 is 1.76 bits per heavy atom. The number of likely N-dealkylation sites (N-methyl/N-ethyl adjacent to an activating group) is 1. The minimum Gasteiger partial charge on any atom is -0.459 e. The Balaban J connectivity index is 1.43. The number of hydrogen-bond donors (Lipinski definition) is 2. The van der Waals surface area contributed by atoms with Crippen molar-refractivity contribution in [2.24, 2.45) is 28.7 Å². The molecule has 3 aliphatic rings. The van der Waals surface area contributed by atoms with Crippen LogP contribution in [0.1, 0.15) is 98.9 Å². The van der Waals surface area contributed by atoms with E-state index in [4.69, 9.17) is 23.7 Å². The molecular formula is C47H70FN5O13S. The Kier molecular flexibility index (Phi) is 17.9. The zero-order valence-electron chi connectivity index (χ0n) is 40.6.